The summed E-state index contributed by atoms with van der Waals surface area (Å²) in [5.74, 6) is 2.24. The normalized spacial score (nSPS) is 11.7. The van der Waals surface area contributed by atoms with E-state index in [2.05, 4.69) is 178 Å². The van der Waals surface area contributed by atoms with E-state index in [4.69, 9.17) is 14.1 Å². The number of nitrogens with zero attached hydrogens (tertiary/aromatic N) is 4. The Morgan fingerprint density at radius 2 is 1.15 bits per heavy atom. The highest BCUT2D eigenvalue weighted by Crippen LogP contribution is 2.40. The van der Waals surface area contributed by atoms with Gasteiger partial charge in [0, 0.05) is 28.4 Å². The molecule has 0 N–H and O–H groups in total. The first-order chi connectivity index (χ1) is 29.8. The van der Waals surface area contributed by atoms with Crippen LogP contribution in [0.25, 0.3) is 94.2 Å². The molecule has 6 nitrogen and oxygen atoms in total. The Hall–Kier alpha value is -8.22. The van der Waals surface area contributed by atoms with E-state index in [1.807, 2.05) is 48.7 Å². The molecule has 0 unspecified atom stereocenters. The topological polar surface area (TPSA) is 49.0 Å². The van der Waals surface area contributed by atoms with Gasteiger partial charge in [-0.15, -0.1) is 0 Å². The molecular formula is C54H34N4O2. The van der Waals surface area contributed by atoms with Crippen LogP contribution in [0.1, 0.15) is 0 Å². The lowest BCUT2D eigenvalue weighted by Gasteiger charge is -2.17. The summed E-state index contributed by atoms with van der Waals surface area (Å²) < 4.78 is 19.6. The van der Waals surface area contributed by atoms with Gasteiger partial charge in [0.25, 0.3) is 6.33 Å². The van der Waals surface area contributed by atoms with Crippen LogP contribution in [0.15, 0.2) is 211 Å². The number of furan rings is 1. The van der Waals surface area contributed by atoms with Gasteiger partial charge in [0.15, 0.2) is 0 Å². The first-order valence-corrected chi connectivity index (χ1v) is 20.0. The van der Waals surface area contributed by atoms with Crippen molar-refractivity contribution < 1.29 is 13.7 Å². The molecule has 12 aromatic rings. The summed E-state index contributed by atoms with van der Waals surface area (Å²) in [6, 6.07) is 69.2. The van der Waals surface area contributed by atoms with Crippen LogP contribution in [-0.2, 0) is 0 Å². The molecule has 4 heterocycles. The minimum atomic E-state index is 0.711. The Morgan fingerprint density at radius 1 is 0.500 bits per heavy atom. The van der Waals surface area contributed by atoms with E-state index in [-0.39, 0.29) is 0 Å². The second-order valence-corrected chi connectivity index (χ2v) is 14.9. The zero-order valence-corrected chi connectivity index (χ0v) is 32.2. The number of hydrogen-bond acceptors (Lipinski definition) is 3. The van der Waals surface area contributed by atoms with E-state index in [1.165, 1.54) is 0 Å². The fourth-order valence-electron chi connectivity index (χ4n) is 8.79. The summed E-state index contributed by atoms with van der Waals surface area (Å²) in [7, 11) is 0. The summed E-state index contributed by atoms with van der Waals surface area (Å²) in [6.45, 7) is 0. The lowest BCUT2D eigenvalue weighted by atomic mass is 9.95. The van der Waals surface area contributed by atoms with E-state index in [0.29, 0.717) is 11.5 Å². The van der Waals surface area contributed by atoms with Crippen LogP contribution < -0.4 is 9.30 Å². The van der Waals surface area contributed by atoms with E-state index >= 15 is 0 Å². The van der Waals surface area contributed by atoms with Crippen LogP contribution in [0.5, 0.6) is 11.5 Å². The summed E-state index contributed by atoms with van der Waals surface area (Å²) in [5, 5.41) is 4.26. The summed E-state index contributed by atoms with van der Waals surface area (Å²) >= 11 is 0. The molecule has 0 saturated carbocycles. The monoisotopic (exact) mass is 770 g/mol. The van der Waals surface area contributed by atoms with E-state index in [1.54, 1.807) is 0 Å². The third kappa shape index (κ3) is 5.42. The van der Waals surface area contributed by atoms with Gasteiger partial charge in [-0.05, 0) is 70.8 Å². The van der Waals surface area contributed by atoms with E-state index in [9.17, 15) is 0 Å². The lowest BCUT2D eigenvalue weighted by molar-refractivity contribution is -0.571. The Kier molecular flexibility index (Phi) is 7.74. The van der Waals surface area contributed by atoms with Crippen molar-refractivity contribution in [3.8, 4) is 50.9 Å². The van der Waals surface area contributed by atoms with Crippen LogP contribution in [0.4, 0.5) is 0 Å². The fourth-order valence-corrected chi connectivity index (χ4v) is 8.79. The molecule has 0 bridgehead atoms. The van der Waals surface area contributed by atoms with Crippen molar-refractivity contribution >= 4 is 54.8 Å². The molecule has 4 aromatic heterocycles. The van der Waals surface area contributed by atoms with Crippen molar-refractivity contribution in [3.63, 3.8) is 0 Å². The maximum atomic E-state index is 6.75. The predicted molar refractivity (Wildman–Crippen MR) is 240 cm³/mol. The van der Waals surface area contributed by atoms with Gasteiger partial charge in [-0.25, -0.2) is 4.98 Å². The molecule has 0 fully saturated rings. The average molecular weight is 771 g/mol. The smallest absolute Gasteiger partial charge is 0.269 e. The molecule has 8 aromatic carbocycles. The number of ether oxygens (including phenoxy) is 1. The molecule has 0 atom stereocenters. The Morgan fingerprint density at radius 3 is 1.95 bits per heavy atom. The Balaban J connectivity index is 0.988. The molecule has 0 amide bonds. The summed E-state index contributed by atoms with van der Waals surface area (Å²) in [4.78, 5) is 4.98. The van der Waals surface area contributed by atoms with Crippen LogP contribution in [0.2, 0.25) is 0 Å². The molecular weight excluding hydrogens is 737 g/mol. The highest BCUT2D eigenvalue weighted by atomic mass is 16.5. The van der Waals surface area contributed by atoms with Crippen molar-refractivity contribution in [2.24, 2.45) is 0 Å². The van der Waals surface area contributed by atoms with Crippen molar-refractivity contribution in [3.05, 3.63) is 213 Å². The van der Waals surface area contributed by atoms with Gasteiger partial charge in [-0.1, -0.05) is 146 Å². The lowest BCUT2D eigenvalue weighted by Crippen LogP contribution is -2.31. The van der Waals surface area contributed by atoms with Gasteiger partial charge < -0.3 is 9.15 Å². The van der Waals surface area contributed by atoms with Crippen LogP contribution in [-0.4, -0.2) is 14.1 Å². The number of aromatic nitrogens is 4. The maximum Gasteiger partial charge on any atom is 0.269 e. The summed E-state index contributed by atoms with van der Waals surface area (Å²) in [5.41, 5.74) is 12.3. The Bertz CT molecular complexity index is 3520. The quantitative estimate of drug-likeness (QED) is 0.120. The molecule has 0 aliphatic rings. The van der Waals surface area contributed by atoms with Crippen LogP contribution >= 0.6 is 0 Å². The molecule has 0 radical (unpaired) electrons. The van der Waals surface area contributed by atoms with Crippen LogP contribution in [0, 0.1) is 6.33 Å². The second-order valence-electron chi connectivity index (χ2n) is 14.9. The SMILES string of the molecule is [c-]1n(-c2cccc(Oc3ccc4c5ccccc5n(-c5nccc6oc7ccccc7c56)c4c3)c2)c2ccccc2[n+]1-c1c(-c2ccccc2)cccc1-c1ccccc1. The molecule has 6 heteroatoms. The first-order valence-electron chi connectivity index (χ1n) is 20.0. The Labute approximate surface area is 345 Å². The van der Waals surface area contributed by atoms with Gasteiger partial charge in [-0.3, -0.25) is 13.7 Å². The number of imidazole rings is 1. The number of fused-ring (bicyclic) bond motifs is 7. The number of benzene rings is 8. The number of hydrogen-bond donors (Lipinski definition) is 0. The van der Waals surface area contributed by atoms with Crippen molar-refractivity contribution in [1.29, 1.82) is 0 Å². The highest BCUT2D eigenvalue weighted by molar-refractivity contribution is 6.13. The van der Waals surface area contributed by atoms with Crippen molar-refractivity contribution in [2.45, 2.75) is 0 Å². The highest BCUT2D eigenvalue weighted by Gasteiger charge is 2.21. The largest absolute Gasteiger partial charge is 0.458 e. The van der Waals surface area contributed by atoms with E-state index < -0.39 is 0 Å². The number of rotatable bonds is 7. The molecule has 12 rings (SSSR count). The van der Waals surface area contributed by atoms with E-state index in [0.717, 1.165) is 94.2 Å². The standard InChI is InChI=1S/C54H34N4O2/c1-3-15-36(16-4-1)41-23-14-24-42(37-17-5-2-6-18-37)53(41)57-35-56(47-26-10-11-27-48(47)57)38-19-13-20-39(33-38)59-40-29-30-44-43-21-7-9-25-46(43)58(49(44)34-40)54-52-45-22-8-12-28-50(45)60-51(52)31-32-55-54/h1-34H. The molecule has 60 heavy (non-hydrogen) atoms. The molecule has 0 saturated heterocycles. The van der Waals surface area contributed by atoms with Gasteiger partial charge in [0.2, 0.25) is 0 Å². The molecule has 282 valence electrons. The zero-order chi connectivity index (χ0) is 39.6. The van der Waals surface area contributed by atoms with Crippen LogP contribution in [0.3, 0.4) is 0 Å². The molecule has 0 aliphatic heterocycles. The van der Waals surface area contributed by atoms with Gasteiger partial charge in [0.05, 0.1) is 38.8 Å². The molecule has 0 spiro atoms. The van der Waals surface area contributed by atoms with Gasteiger partial charge >= 0.3 is 0 Å². The predicted octanol–water partition coefficient (Wildman–Crippen LogP) is 13.2. The zero-order valence-electron chi connectivity index (χ0n) is 32.2. The first kappa shape index (κ1) is 33.9. The number of pyridine rings is 1. The van der Waals surface area contributed by atoms with Crippen molar-refractivity contribution in [1.82, 2.24) is 14.1 Å². The minimum Gasteiger partial charge on any atom is -0.458 e. The maximum absolute atomic E-state index is 6.75. The van der Waals surface area contributed by atoms with Gasteiger partial charge in [0.1, 0.15) is 28.5 Å². The minimum absolute atomic E-state index is 0.711. The fraction of sp³-hybridized carbons (Fsp3) is 0. The van der Waals surface area contributed by atoms with Gasteiger partial charge in [-0.2, -0.15) is 0 Å². The summed E-state index contributed by atoms with van der Waals surface area (Å²) in [6.07, 6.45) is 5.60. The molecule has 0 aliphatic carbocycles. The number of para-hydroxylation sites is 5. The second kappa shape index (κ2) is 13.7. The third-order valence-corrected chi connectivity index (χ3v) is 11.4. The third-order valence-electron chi connectivity index (χ3n) is 11.4. The average Bonchev–Trinajstić information content (AvgIpc) is 3.99. The van der Waals surface area contributed by atoms with Crippen molar-refractivity contribution in [2.75, 3.05) is 0 Å².